The van der Waals surface area contributed by atoms with Crippen LogP contribution in [0.1, 0.15) is 23.5 Å². The number of nitrogens with zero attached hydrogens (tertiary/aromatic N) is 3. The Kier molecular flexibility index (Phi) is 11.9. The first-order chi connectivity index (χ1) is 14.7. The van der Waals surface area contributed by atoms with Crippen LogP contribution in [0.15, 0.2) is 65.7 Å². The lowest BCUT2D eigenvalue weighted by molar-refractivity contribution is 0.280. The molecule has 1 atom stereocenters. The van der Waals surface area contributed by atoms with E-state index in [1.54, 1.807) is 0 Å². The molecule has 1 unspecified atom stereocenters. The van der Waals surface area contributed by atoms with Gasteiger partial charge in [0, 0.05) is 45.7 Å². The molecule has 31 heavy (non-hydrogen) atoms. The van der Waals surface area contributed by atoms with E-state index < -0.39 is 0 Å². The van der Waals surface area contributed by atoms with Gasteiger partial charge in [0.25, 0.3) is 0 Å². The summed E-state index contributed by atoms with van der Waals surface area (Å²) in [5, 5.41) is 7.06. The second kappa shape index (κ2) is 14.4. The molecule has 0 amide bonds. The molecule has 1 heterocycles. The molecule has 1 saturated heterocycles. The third-order valence-corrected chi connectivity index (χ3v) is 5.87. The van der Waals surface area contributed by atoms with Crippen LogP contribution >= 0.6 is 24.0 Å². The molecule has 2 aromatic carbocycles. The fourth-order valence-electron chi connectivity index (χ4n) is 4.03. The molecule has 1 fully saturated rings. The number of guanidine groups is 1. The number of hydrogen-bond donors (Lipinski definition) is 2. The van der Waals surface area contributed by atoms with Gasteiger partial charge in [0.05, 0.1) is 0 Å². The molecule has 0 saturated carbocycles. The first-order valence-corrected chi connectivity index (χ1v) is 11.2. The third kappa shape index (κ3) is 9.17. The van der Waals surface area contributed by atoms with Gasteiger partial charge in [-0.2, -0.15) is 0 Å². The van der Waals surface area contributed by atoms with Crippen molar-refractivity contribution < 1.29 is 0 Å². The normalized spacial score (nSPS) is 16.8. The van der Waals surface area contributed by atoms with Crippen molar-refractivity contribution >= 4 is 29.9 Å². The Hall–Kier alpha value is -1.64. The molecule has 0 spiro atoms. The van der Waals surface area contributed by atoms with Crippen LogP contribution < -0.4 is 10.6 Å². The fourth-order valence-corrected chi connectivity index (χ4v) is 4.03. The molecule has 0 radical (unpaired) electrons. The van der Waals surface area contributed by atoms with Crippen molar-refractivity contribution in [1.82, 2.24) is 20.4 Å². The predicted octanol–water partition coefficient (Wildman–Crippen LogP) is 3.43. The molecule has 0 aliphatic carbocycles. The van der Waals surface area contributed by atoms with Crippen molar-refractivity contribution in [1.29, 1.82) is 0 Å². The van der Waals surface area contributed by atoms with E-state index in [0.29, 0.717) is 5.92 Å². The van der Waals surface area contributed by atoms with Gasteiger partial charge in [-0.05, 0) is 44.1 Å². The van der Waals surface area contributed by atoms with E-state index in [4.69, 9.17) is 0 Å². The standard InChI is InChI=1S/C25H37N5.HI/c1-26-25(27-14-17-30-16-9-15-29(2)18-19-30)28-21-24(23-12-7-4-8-13-23)20-22-10-5-3-6-11-22;/h3-8,10-13,24H,9,14-21H2,1-2H3,(H2,26,27,28);1H. The van der Waals surface area contributed by atoms with Crippen LogP contribution in [0.2, 0.25) is 0 Å². The summed E-state index contributed by atoms with van der Waals surface area (Å²) < 4.78 is 0. The summed E-state index contributed by atoms with van der Waals surface area (Å²) in [4.78, 5) is 9.41. The Balaban J connectivity index is 0.00000341. The number of hydrogen-bond acceptors (Lipinski definition) is 3. The smallest absolute Gasteiger partial charge is 0.191 e. The van der Waals surface area contributed by atoms with Crippen LogP contribution in [-0.2, 0) is 6.42 Å². The van der Waals surface area contributed by atoms with Crippen molar-refractivity contribution in [2.24, 2.45) is 4.99 Å². The monoisotopic (exact) mass is 535 g/mol. The minimum Gasteiger partial charge on any atom is -0.356 e. The first-order valence-electron chi connectivity index (χ1n) is 11.2. The van der Waals surface area contributed by atoms with Gasteiger partial charge in [-0.3, -0.25) is 4.99 Å². The molecule has 2 N–H and O–H groups in total. The Morgan fingerprint density at radius 1 is 0.935 bits per heavy atom. The summed E-state index contributed by atoms with van der Waals surface area (Å²) >= 11 is 0. The predicted molar refractivity (Wildman–Crippen MR) is 143 cm³/mol. The molecule has 1 aliphatic heterocycles. The summed E-state index contributed by atoms with van der Waals surface area (Å²) in [7, 11) is 4.07. The van der Waals surface area contributed by atoms with Crippen molar-refractivity contribution in [2.75, 3.05) is 59.9 Å². The van der Waals surface area contributed by atoms with E-state index >= 15 is 0 Å². The molecule has 0 aromatic heterocycles. The number of nitrogens with one attached hydrogen (secondary N) is 2. The Morgan fingerprint density at radius 2 is 1.65 bits per heavy atom. The van der Waals surface area contributed by atoms with Crippen LogP contribution in [0, 0.1) is 0 Å². The average Bonchev–Trinajstić information content (AvgIpc) is 3.00. The molecule has 5 nitrogen and oxygen atoms in total. The van der Waals surface area contributed by atoms with Gasteiger partial charge in [-0.1, -0.05) is 60.7 Å². The Morgan fingerprint density at radius 3 is 2.35 bits per heavy atom. The van der Waals surface area contributed by atoms with Gasteiger partial charge in [0.15, 0.2) is 5.96 Å². The molecule has 170 valence electrons. The maximum absolute atomic E-state index is 4.44. The van der Waals surface area contributed by atoms with Gasteiger partial charge >= 0.3 is 0 Å². The molecular weight excluding hydrogens is 497 g/mol. The quantitative estimate of drug-likeness (QED) is 0.309. The molecule has 2 aromatic rings. The average molecular weight is 536 g/mol. The topological polar surface area (TPSA) is 42.9 Å². The first kappa shape index (κ1) is 25.6. The van der Waals surface area contributed by atoms with Gasteiger partial charge in [-0.25, -0.2) is 0 Å². The maximum Gasteiger partial charge on any atom is 0.191 e. The van der Waals surface area contributed by atoms with Crippen LogP contribution in [-0.4, -0.2) is 75.7 Å². The lowest BCUT2D eigenvalue weighted by Gasteiger charge is -2.22. The highest BCUT2D eigenvalue weighted by Crippen LogP contribution is 2.20. The molecule has 3 rings (SSSR count). The highest BCUT2D eigenvalue weighted by Gasteiger charge is 2.14. The highest BCUT2D eigenvalue weighted by molar-refractivity contribution is 14.0. The van der Waals surface area contributed by atoms with Gasteiger partial charge in [0.1, 0.15) is 0 Å². The fraction of sp³-hybridized carbons (Fsp3) is 0.480. The summed E-state index contributed by atoms with van der Waals surface area (Å²) in [6.07, 6.45) is 2.26. The summed E-state index contributed by atoms with van der Waals surface area (Å²) in [5.74, 6) is 1.28. The minimum absolute atomic E-state index is 0. The third-order valence-electron chi connectivity index (χ3n) is 5.87. The molecule has 0 bridgehead atoms. The van der Waals surface area contributed by atoms with E-state index in [1.165, 1.54) is 30.6 Å². The zero-order chi connectivity index (χ0) is 21.0. The maximum atomic E-state index is 4.44. The van der Waals surface area contributed by atoms with Crippen molar-refractivity contribution in [3.8, 4) is 0 Å². The number of likely N-dealkylation sites (N-methyl/N-ethyl adjacent to an activating group) is 1. The lowest BCUT2D eigenvalue weighted by Crippen LogP contribution is -2.43. The Labute approximate surface area is 205 Å². The number of aliphatic imine (C=N–C) groups is 1. The minimum atomic E-state index is 0. The van der Waals surface area contributed by atoms with E-state index in [-0.39, 0.29) is 24.0 Å². The lowest BCUT2D eigenvalue weighted by atomic mass is 9.92. The van der Waals surface area contributed by atoms with Crippen molar-refractivity contribution in [3.05, 3.63) is 71.8 Å². The largest absolute Gasteiger partial charge is 0.356 e. The number of rotatable bonds is 8. The van der Waals surface area contributed by atoms with Crippen LogP contribution in [0.25, 0.3) is 0 Å². The summed E-state index contributed by atoms with van der Waals surface area (Å²) in [5.41, 5.74) is 2.72. The van der Waals surface area contributed by atoms with Gasteiger partial charge in [-0.15, -0.1) is 24.0 Å². The van der Waals surface area contributed by atoms with E-state index in [1.807, 2.05) is 7.05 Å². The zero-order valence-corrected chi connectivity index (χ0v) is 21.3. The van der Waals surface area contributed by atoms with Crippen LogP contribution in [0.3, 0.4) is 0 Å². The second-order valence-corrected chi connectivity index (χ2v) is 8.18. The zero-order valence-electron chi connectivity index (χ0n) is 19.0. The SMILES string of the molecule is CN=C(NCCN1CCCN(C)CC1)NCC(Cc1ccccc1)c1ccccc1.I. The molecule has 6 heteroatoms. The van der Waals surface area contributed by atoms with E-state index in [9.17, 15) is 0 Å². The van der Waals surface area contributed by atoms with Crippen molar-refractivity contribution in [2.45, 2.75) is 18.8 Å². The van der Waals surface area contributed by atoms with Crippen molar-refractivity contribution in [3.63, 3.8) is 0 Å². The number of benzene rings is 2. The van der Waals surface area contributed by atoms with Crippen LogP contribution in [0.5, 0.6) is 0 Å². The highest BCUT2D eigenvalue weighted by atomic mass is 127. The van der Waals surface area contributed by atoms with E-state index in [2.05, 4.69) is 93.1 Å². The van der Waals surface area contributed by atoms with Gasteiger partial charge < -0.3 is 20.4 Å². The Bertz CT molecular complexity index is 753. The number of halogens is 1. The van der Waals surface area contributed by atoms with Gasteiger partial charge in [0.2, 0.25) is 0 Å². The van der Waals surface area contributed by atoms with E-state index in [0.717, 1.165) is 45.1 Å². The summed E-state index contributed by atoms with van der Waals surface area (Å²) in [6, 6.07) is 21.5. The summed E-state index contributed by atoms with van der Waals surface area (Å²) in [6.45, 7) is 7.52. The second-order valence-electron chi connectivity index (χ2n) is 8.18. The van der Waals surface area contributed by atoms with Crippen LogP contribution in [0.4, 0.5) is 0 Å². The molecule has 1 aliphatic rings. The molecular formula is C25H38IN5.